The molecule has 3 rings (SSSR count). The lowest BCUT2D eigenvalue weighted by atomic mass is 10.1. The summed E-state index contributed by atoms with van der Waals surface area (Å²) in [5.41, 5.74) is 2.47. The fourth-order valence-corrected chi connectivity index (χ4v) is 3.48. The summed E-state index contributed by atoms with van der Waals surface area (Å²) in [6.07, 6.45) is 4.14. The fraction of sp³-hybridized carbons (Fsp3) is 0.273. The summed E-state index contributed by atoms with van der Waals surface area (Å²) in [4.78, 5) is 2.24. The lowest BCUT2D eigenvalue weighted by Gasteiger charge is -2.28. The maximum absolute atomic E-state index is 11.6. The minimum atomic E-state index is -0.708. The van der Waals surface area contributed by atoms with E-state index >= 15 is 0 Å². The number of anilines is 1. The average molecular weight is 205 g/mol. The number of fused-ring (bicyclic) bond motifs is 3. The lowest BCUT2D eigenvalue weighted by Crippen LogP contribution is -2.31. The number of rotatable bonds is 0. The molecule has 1 saturated heterocycles. The van der Waals surface area contributed by atoms with E-state index in [-0.39, 0.29) is 5.37 Å². The van der Waals surface area contributed by atoms with E-state index in [0.717, 1.165) is 12.3 Å². The smallest absolute Gasteiger partial charge is 0.124 e. The molecule has 0 aliphatic carbocycles. The van der Waals surface area contributed by atoms with Crippen LogP contribution in [0.1, 0.15) is 5.56 Å². The Bertz CT molecular complexity index is 427. The third-order valence-corrected chi connectivity index (χ3v) is 4.33. The van der Waals surface area contributed by atoms with Crippen molar-refractivity contribution in [3.63, 3.8) is 0 Å². The second kappa shape index (κ2) is 2.95. The van der Waals surface area contributed by atoms with E-state index < -0.39 is 10.8 Å². The van der Waals surface area contributed by atoms with Gasteiger partial charge in [-0.05, 0) is 17.7 Å². The van der Waals surface area contributed by atoms with Crippen molar-refractivity contribution in [2.45, 2.75) is 5.37 Å². The van der Waals surface area contributed by atoms with Crippen molar-refractivity contribution in [2.75, 3.05) is 17.2 Å². The van der Waals surface area contributed by atoms with Crippen LogP contribution in [-0.2, 0) is 10.8 Å². The standard InChI is InChI=1S/C11H11NOS/c13-14-8-7-12-10-4-2-1-3-9(10)5-6-11(12)14/h1-6,11H,7-8H2. The van der Waals surface area contributed by atoms with Crippen LogP contribution < -0.4 is 4.90 Å². The average Bonchev–Trinajstić information content (AvgIpc) is 2.61. The summed E-state index contributed by atoms with van der Waals surface area (Å²) in [7, 11) is -0.708. The van der Waals surface area contributed by atoms with Crippen LogP contribution in [0, 0.1) is 0 Å². The first-order valence-corrected chi connectivity index (χ1v) is 6.15. The second-order valence-electron chi connectivity index (χ2n) is 3.59. The summed E-state index contributed by atoms with van der Waals surface area (Å²) in [5, 5.41) is 0.116. The molecule has 2 heterocycles. The highest BCUT2D eigenvalue weighted by Gasteiger charge is 2.32. The minimum Gasteiger partial charge on any atom is -0.352 e. The van der Waals surface area contributed by atoms with Crippen LogP contribution in [-0.4, -0.2) is 21.9 Å². The largest absolute Gasteiger partial charge is 0.352 e. The zero-order valence-electron chi connectivity index (χ0n) is 7.72. The highest BCUT2D eigenvalue weighted by molar-refractivity contribution is 7.86. The van der Waals surface area contributed by atoms with Crippen molar-refractivity contribution in [1.82, 2.24) is 0 Å². The zero-order valence-corrected chi connectivity index (χ0v) is 8.54. The van der Waals surface area contributed by atoms with Crippen LogP contribution in [0.2, 0.25) is 0 Å². The van der Waals surface area contributed by atoms with Crippen LogP contribution in [0.25, 0.3) is 6.08 Å². The number of benzene rings is 1. The zero-order chi connectivity index (χ0) is 9.54. The van der Waals surface area contributed by atoms with Gasteiger partial charge in [-0.25, -0.2) is 0 Å². The molecule has 2 aliphatic rings. The fourth-order valence-electron chi connectivity index (χ4n) is 2.10. The summed E-state index contributed by atoms with van der Waals surface area (Å²) >= 11 is 0. The molecule has 0 N–H and O–H groups in total. The molecule has 2 unspecified atom stereocenters. The van der Waals surface area contributed by atoms with E-state index in [2.05, 4.69) is 29.2 Å². The van der Waals surface area contributed by atoms with E-state index in [0.29, 0.717) is 0 Å². The molecule has 3 heteroatoms. The normalized spacial score (nSPS) is 28.7. The van der Waals surface area contributed by atoms with Crippen molar-refractivity contribution in [1.29, 1.82) is 0 Å². The maximum atomic E-state index is 11.6. The van der Waals surface area contributed by atoms with Gasteiger partial charge in [-0.1, -0.05) is 24.3 Å². The Kier molecular flexibility index (Phi) is 1.74. The number of hydrogen-bond donors (Lipinski definition) is 0. The second-order valence-corrected chi connectivity index (χ2v) is 5.24. The Hall–Kier alpha value is -1.09. The van der Waals surface area contributed by atoms with Gasteiger partial charge in [-0.15, -0.1) is 0 Å². The van der Waals surface area contributed by atoms with Crippen LogP contribution in [0.15, 0.2) is 30.3 Å². The van der Waals surface area contributed by atoms with Crippen molar-refractivity contribution in [2.24, 2.45) is 0 Å². The Morgan fingerprint density at radius 2 is 2.21 bits per heavy atom. The van der Waals surface area contributed by atoms with Gasteiger partial charge in [0.2, 0.25) is 0 Å². The first kappa shape index (κ1) is 8.24. The highest BCUT2D eigenvalue weighted by Crippen LogP contribution is 2.32. The summed E-state index contributed by atoms with van der Waals surface area (Å²) in [5.74, 6) is 0.795. The molecule has 0 saturated carbocycles. The van der Waals surface area contributed by atoms with Gasteiger partial charge in [0.1, 0.15) is 5.37 Å². The molecule has 72 valence electrons. The highest BCUT2D eigenvalue weighted by atomic mass is 32.2. The topological polar surface area (TPSA) is 20.3 Å². The van der Waals surface area contributed by atoms with Crippen LogP contribution in [0.4, 0.5) is 5.69 Å². The molecule has 0 bridgehead atoms. The molecular weight excluding hydrogens is 194 g/mol. The van der Waals surface area contributed by atoms with Gasteiger partial charge in [-0.2, -0.15) is 0 Å². The van der Waals surface area contributed by atoms with Gasteiger partial charge in [0.15, 0.2) is 0 Å². The van der Waals surface area contributed by atoms with Crippen LogP contribution >= 0.6 is 0 Å². The third-order valence-electron chi connectivity index (χ3n) is 2.80. The first-order valence-electron chi connectivity index (χ1n) is 4.77. The van der Waals surface area contributed by atoms with Gasteiger partial charge in [0, 0.05) is 28.8 Å². The molecule has 1 fully saturated rings. The molecule has 0 spiro atoms. The molecule has 0 radical (unpaired) electrons. The van der Waals surface area contributed by atoms with Gasteiger partial charge in [0.25, 0.3) is 0 Å². The Balaban J connectivity index is 2.13. The van der Waals surface area contributed by atoms with Gasteiger partial charge < -0.3 is 4.90 Å². The quantitative estimate of drug-likeness (QED) is 0.641. The van der Waals surface area contributed by atoms with E-state index in [9.17, 15) is 4.21 Å². The lowest BCUT2D eigenvalue weighted by molar-refractivity contribution is 0.683. The molecule has 0 amide bonds. The third kappa shape index (κ3) is 1.05. The van der Waals surface area contributed by atoms with Crippen LogP contribution in [0.5, 0.6) is 0 Å². The van der Waals surface area contributed by atoms with Crippen molar-refractivity contribution in [3.8, 4) is 0 Å². The molecule has 1 aromatic carbocycles. The molecule has 0 aromatic heterocycles. The predicted molar refractivity (Wildman–Crippen MR) is 59.6 cm³/mol. The molecule has 2 aliphatic heterocycles. The van der Waals surface area contributed by atoms with Crippen molar-refractivity contribution >= 4 is 22.6 Å². The molecule has 14 heavy (non-hydrogen) atoms. The number of hydrogen-bond acceptors (Lipinski definition) is 2. The van der Waals surface area contributed by atoms with Gasteiger partial charge in [-0.3, -0.25) is 4.21 Å². The van der Waals surface area contributed by atoms with Crippen LogP contribution in [0.3, 0.4) is 0 Å². The first-order chi connectivity index (χ1) is 6.86. The SMILES string of the molecule is O=S1CCN2c3ccccc3C=CC21. The van der Waals surface area contributed by atoms with Crippen molar-refractivity contribution in [3.05, 3.63) is 35.9 Å². The van der Waals surface area contributed by atoms with E-state index in [1.54, 1.807) is 0 Å². The van der Waals surface area contributed by atoms with Gasteiger partial charge >= 0.3 is 0 Å². The van der Waals surface area contributed by atoms with Crippen molar-refractivity contribution < 1.29 is 4.21 Å². The molecule has 1 aromatic rings. The van der Waals surface area contributed by atoms with E-state index in [4.69, 9.17) is 0 Å². The van der Waals surface area contributed by atoms with E-state index in [1.807, 2.05) is 12.1 Å². The molecule has 2 nitrogen and oxygen atoms in total. The number of nitrogens with zero attached hydrogens (tertiary/aromatic N) is 1. The Morgan fingerprint density at radius 1 is 1.36 bits per heavy atom. The summed E-state index contributed by atoms with van der Waals surface area (Å²) < 4.78 is 11.6. The van der Waals surface area contributed by atoms with Gasteiger partial charge in [0.05, 0.1) is 0 Å². The molecule has 2 atom stereocenters. The summed E-state index contributed by atoms with van der Waals surface area (Å²) in [6.45, 7) is 0.915. The molecular formula is C11H11NOS. The Labute approximate surface area is 85.7 Å². The predicted octanol–water partition coefficient (Wildman–Crippen LogP) is 1.61. The minimum absolute atomic E-state index is 0.116. The van der Waals surface area contributed by atoms with E-state index in [1.165, 1.54) is 11.3 Å². The number of para-hydroxylation sites is 1. The Morgan fingerprint density at radius 3 is 3.14 bits per heavy atom. The monoisotopic (exact) mass is 205 g/mol. The summed E-state index contributed by atoms with van der Waals surface area (Å²) in [6, 6.07) is 8.28. The maximum Gasteiger partial charge on any atom is 0.124 e.